The molecule has 2 aliphatic rings. The second kappa shape index (κ2) is 12.2. The molecule has 1 aliphatic heterocycles. The molecular weight excluding hydrogens is 522 g/mol. The van der Waals surface area contributed by atoms with Crippen LogP contribution < -0.4 is 10.6 Å². The van der Waals surface area contributed by atoms with E-state index in [0.717, 1.165) is 30.5 Å². The van der Waals surface area contributed by atoms with Gasteiger partial charge in [0, 0.05) is 17.0 Å². The number of nitrogens with zero attached hydrogens (tertiary/aromatic N) is 2. The molecule has 40 heavy (non-hydrogen) atoms. The Labute approximate surface area is 239 Å². The summed E-state index contributed by atoms with van der Waals surface area (Å²) in [5.41, 5.74) is 1.51. The number of fused-ring (bicyclic) bond motifs is 1. The van der Waals surface area contributed by atoms with Crippen LogP contribution in [0, 0.1) is 5.92 Å². The summed E-state index contributed by atoms with van der Waals surface area (Å²) in [6.07, 6.45) is 10.6. The first-order valence-electron chi connectivity index (χ1n) is 14.2. The van der Waals surface area contributed by atoms with Crippen molar-refractivity contribution in [1.82, 2.24) is 20.4 Å². The number of H-pyrrole nitrogens is 1. The first-order chi connectivity index (χ1) is 18.6. The van der Waals surface area contributed by atoms with E-state index in [0.29, 0.717) is 17.8 Å². The van der Waals surface area contributed by atoms with E-state index in [4.69, 9.17) is 4.74 Å². The molecule has 10 heteroatoms. The first kappa shape index (κ1) is 31.4. The number of nitrogens with one attached hydrogen (secondary N) is 3. The Balaban J connectivity index is 1.76. The summed E-state index contributed by atoms with van der Waals surface area (Å²) in [6.45, 7) is 20.8. The monoisotopic (exact) mass is 569 g/mol. The summed E-state index contributed by atoms with van der Waals surface area (Å²) in [5.74, 6) is 0.391. The number of allylic oxidation sites excluding steroid dienone is 3. The van der Waals surface area contributed by atoms with Crippen LogP contribution in [0.15, 0.2) is 36.5 Å². The Morgan fingerprint density at radius 2 is 1.88 bits per heavy atom. The number of urea groups is 1. The number of anilines is 1. The van der Waals surface area contributed by atoms with Crippen LogP contribution in [0.4, 0.5) is 10.6 Å². The molecule has 220 valence electrons. The van der Waals surface area contributed by atoms with Gasteiger partial charge in [0.25, 0.3) is 0 Å². The molecule has 3 N–H and O–H groups in total. The quantitative estimate of drug-likeness (QED) is 0.171. The standard InChI is InChI=1S/C30H47N5O4Si/c1-10-11-12-14-21(4)23(19-39-24(36)17-20(2)3)31-28(38)35-18-22-25(29(35,5)6)33-34-26(22)32-27(37)30(15-13-16-30)40(7,8)9/h10-12,14,20,23H,4,13,15-19H2,1-3,5-9H3,(H,31,38)(H2,32,33,34,37)/b11-10-,14-12-/t23-/m1/s1. The summed E-state index contributed by atoms with van der Waals surface area (Å²) in [4.78, 5) is 41.1. The number of aromatic nitrogens is 2. The minimum Gasteiger partial charge on any atom is -0.463 e. The van der Waals surface area contributed by atoms with Gasteiger partial charge in [0.15, 0.2) is 5.82 Å². The molecule has 3 amide bonds. The molecule has 0 spiro atoms. The lowest BCUT2D eigenvalue weighted by molar-refractivity contribution is -0.144. The molecule has 1 saturated carbocycles. The van der Waals surface area contributed by atoms with E-state index in [2.05, 4.69) is 47.1 Å². The van der Waals surface area contributed by atoms with Gasteiger partial charge in [0.2, 0.25) is 5.91 Å². The van der Waals surface area contributed by atoms with E-state index in [1.165, 1.54) is 0 Å². The van der Waals surface area contributed by atoms with Crippen molar-refractivity contribution in [2.75, 3.05) is 11.9 Å². The minimum absolute atomic E-state index is 0.0164. The number of hydrogen-bond acceptors (Lipinski definition) is 5. The lowest BCUT2D eigenvalue weighted by atomic mass is 9.83. The highest BCUT2D eigenvalue weighted by molar-refractivity contribution is 6.83. The van der Waals surface area contributed by atoms with Crippen LogP contribution >= 0.6 is 0 Å². The molecule has 0 unspecified atom stereocenters. The number of esters is 1. The Bertz CT molecular complexity index is 1190. The largest absolute Gasteiger partial charge is 0.463 e. The van der Waals surface area contributed by atoms with Crippen LogP contribution in [0.1, 0.15) is 71.6 Å². The number of carbonyl (C=O) groups is 3. The second-order valence-electron chi connectivity index (χ2n) is 13.0. The fourth-order valence-electron chi connectivity index (χ4n) is 5.46. The van der Waals surface area contributed by atoms with Crippen LogP contribution in [0.25, 0.3) is 0 Å². The zero-order valence-corrected chi connectivity index (χ0v) is 26.4. The third-order valence-corrected chi connectivity index (χ3v) is 12.0. The van der Waals surface area contributed by atoms with Gasteiger partial charge in [-0.25, -0.2) is 4.79 Å². The van der Waals surface area contributed by atoms with Crippen molar-refractivity contribution in [2.24, 2.45) is 5.92 Å². The number of carbonyl (C=O) groups excluding carboxylic acids is 3. The molecule has 1 aliphatic carbocycles. The van der Waals surface area contributed by atoms with E-state index in [9.17, 15) is 14.4 Å². The second-order valence-corrected chi connectivity index (χ2v) is 18.4. The van der Waals surface area contributed by atoms with Crippen molar-refractivity contribution in [2.45, 2.75) is 103 Å². The van der Waals surface area contributed by atoms with Crippen LogP contribution in [-0.2, 0) is 26.4 Å². The number of hydrogen-bond donors (Lipinski definition) is 3. The average molecular weight is 570 g/mol. The zero-order chi connectivity index (χ0) is 29.9. The van der Waals surface area contributed by atoms with Gasteiger partial charge in [-0.3, -0.25) is 14.7 Å². The van der Waals surface area contributed by atoms with Gasteiger partial charge in [-0.2, -0.15) is 5.10 Å². The Kier molecular flexibility index (Phi) is 9.54. The summed E-state index contributed by atoms with van der Waals surface area (Å²) in [6, 6.07) is -0.928. The molecule has 1 aromatic heterocycles. The van der Waals surface area contributed by atoms with Crippen LogP contribution in [0.5, 0.6) is 0 Å². The smallest absolute Gasteiger partial charge is 0.319 e. The third-order valence-electron chi connectivity index (χ3n) is 8.37. The molecule has 1 fully saturated rings. The molecule has 0 saturated heterocycles. The van der Waals surface area contributed by atoms with E-state index >= 15 is 0 Å². The highest BCUT2D eigenvalue weighted by Gasteiger charge is 2.54. The zero-order valence-electron chi connectivity index (χ0n) is 25.4. The molecule has 0 aromatic carbocycles. The summed E-state index contributed by atoms with van der Waals surface area (Å²) in [7, 11) is -1.75. The fraction of sp³-hybridized carbons (Fsp3) is 0.600. The third kappa shape index (κ3) is 6.43. The maximum Gasteiger partial charge on any atom is 0.319 e. The van der Waals surface area contributed by atoms with Gasteiger partial charge >= 0.3 is 12.0 Å². The van der Waals surface area contributed by atoms with Gasteiger partial charge in [0.05, 0.1) is 31.9 Å². The van der Waals surface area contributed by atoms with E-state index in [1.807, 2.05) is 52.8 Å². The summed E-state index contributed by atoms with van der Waals surface area (Å²) >= 11 is 0. The first-order valence-corrected chi connectivity index (χ1v) is 17.7. The topological polar surface area (TPSA) is 116 Å². The van der Waals surface area contributed by atoms with E-state index in [-0.39, 0.29) is 42.0 Å². The molecule has 0 radical (unpaired) electrons. The average Bonchev–Trinajstić information content (AvgIpc) is 3.32. The van der Waals surface area contributed by atoms with Crippen molar-refractivity contribution in [3.8, 4) is 0 Å². The lowest BCUT2D eigenvalue weighted by Gasteiger charge is -2.48. The normalized spacial score (nSPS) is 18.5. The Morgan fingerprint density at radius 1 is 1.20 bits per heavy atom. The maximum atomic E-state index is 13.7. The highest BCUT2D eigenvalue weighted by Crippen LogP contribution is 2.56. The fourth-order valence-corrected chi connectivity index (χ4v) is 8.06. The predicted octanol–water partition coefficient (Wildman–Crippen LogP) is 6.02. The Hall–Kier alpha value is -3.14. The van der Waals surface area contributed by atoms with Crippen molar-refractivity contribution < 1.29 is 19.1 Å². The van der Waals surface area contributed by atoms with Gasteiger partial charge in [-0.15, -0.1) is 0 Å². The highest BCUT2D eigenvalue weighted by atomic mass is 28.3. The summed E-state index contributed by atoms with van der Waals surface area (Å²) < 4.78 is 5.50. The van der Waals surface area contributed by atoms with Gasteiger partial charge in [-0.05, 0) is 45.1 Å². The minimum atomic E-state index is -1.75. The molecule has 9 nitrogen and oxygen atoms in total. The molecule has 0 bridgehead atoms. The SMILES string of the molecule is C=C(/C=C\C=C/C)[C@@H](COC(=O)CC(C)C)NC(=O)N1Cc2c(NC(=O)C3([Si](C)(C)C)CCC3)n[nH]c2C1(C)C. The van der Waals surface area contributed by atoms with E-state index < -0.39 is 19.7 Å². The van der Waals surface area contributed by atoms with Crippen LogP contribution in [0.2, 0.25) is 24.7 Å². The molecular formula is C30H47N5O4Si. The number of rotatable bonds is 11. The molecule has 2 heterocycles. The van der Waals surface area contributed by atoms with Crippen molar-refractivity contribution in [1.29, 1.82) is 0 Å². The lowest BCUT2D eigenvalue weighted by Crippen LogP contribution is -2.52. The Morgan fingerprint density at radius 3 is 2.42 bits per heavy atom. The van der Waals surface area contributed by atoms with Crippen LogP contribution in [-0.4, -0.2) is 53.7 Å². The molecule has 1 aromatic rings. The van der Waals surface area contributed by atoms with Crippen molar-refractivity contribution in [3.05, 3.63) is 47.7 Å². The van der Waals surface area contributed by atoms with Crippen molar-refractivity contribution >= 4 is 31.8 Å². The van der Waals surface area contributed by atoms with Crippen LogP contribution in [0.3, 0.4) is 0 Å². The van der Waals surface area contributed by atoms with Gasteiger partial charge in [-0.1, -0.05) is 70.8 Å². The molecule has 1 atom stereocenters. The number of aromatic amines is 1. The molecule has 3 rings (SSSR count). The van der Waals surface area contributed by atoms with E-state index in [1.54, 1.807) is 11.0 Å². The van der Waals surface area contributed by atoms with Gasteiger partial charge < -0.3 is 20.3 Å². The number of amides is 3. The van der Waals surface area contributed by atoms with Crippen molar-refractivity contribution in [3.63, 3.8) is 0 Å². The predicted molar refractivity (Wildman–Crippen MR) is 162 cm³/mol. The maximum absolute atomic E-state index is 13.7. The van der Waals surface area contributed by atoms with Gasteiger partial charge in [0.1, 0.15) is 6.61 Å². The summed E-state index contributed by atoms with van der Waals surface area (Å²) in [5, 5.41) is 13.4. The number of ether oxygens (including phenoxy) is 1.